The molecule has 0 fully saturated rings. The summed E-state index contributed by atoms with van der Waals surface area (Å²) in [6.45, 7) is 0.911. The molecule has 3 heteroatoms. The second-order valence-electron chi connectivity index (χ2n) is 2.89. The Morgan fingerprint density at radius 1 is 1.42 bits per heavy atom. The molecule has 0 saturated carbocycles. The topological polar surface area (TPSA) is 29.6 Å². The van der Waals surface area contributed by atoms with E-state index in [0.717, 1.165) is 17.8 Å². The average molecular weight is 157 g/mol. The second kappa shape index (κ2) is 1.94. The van der Waals surface area contributed by atoms with Crippen LogP contribution in [-0.4, -0.2) is 4.57 Å². The zero-order chi connectivity index (χ0) is 7.97. The lowest BCUT2D eigenvalue weighted by molar-refractivity contribution is 0.798. The Balaban J connectivity index is 2.26. The second-order valence-corrected chi connectivity index (χ2v) is 2.89. The number of hydrogen-bond acceptors (Lipinski definition) is 2. The van der Waals surface area contributed by atoms with E-state index >= 15 is 0 Å². The average Bonchev–Trinajstić information content (AvgIpc) is 2.71. The first-order valence-electron chi connectivity index (χ1n) is 3.92. The van der Waals surface area contributed by atoms with Crippen molar-refractivity contribution in [2.45, 2.75) is 6.54 Å². The number of fused-ring (bicyclic) bond motifs is 3. The summed E-state index contributed by atoms with van der Waals surface area (Å²) in [5.41, 5.74) is 3.38. The number of allylic oxidation sites excluding steroid dienone is 2. The van der Waals surface area contributed by atoms with E-state index < -0.39 is 0 Å². The molecule has 1 aromatic rings. The van der Waals surface area contributed by atoms with Crippen molar-refractivity contribution in [1.82, 2.24) is 4.57 Å². The van der Waals surface area contributed by atoms with Crippen molar-refractivity contribution < 1.29 is 0 Å². The molecule has 0 atom stereocenters. The van der Waals surface area contributed by atoms with Gasteiger partial charge in [0.15, 0.2) is 0 Å². The summed E-state index contributed by atoms with van der Waals surface area (Å²) in [6, 6.07) is 4.14. The molecule has 0 N–H and O–H groups in total. The smallest absolute Gasteiger partial charge is 0.0944 e. The summed E-state index contributed by atoms with van der Waals surface area (Å²) < 4.78 is 2.19. The van der Waals surface area contributed by atoms with Crippen LogP contribution < -0.4 is 0 Å². The standard InChI is InChI=1S/C9H7N3/c1-2-9-7-6-10-11-8(7)3-5-12(9)4-1/h1-4,6H,5H2. The van der Waals surface area contributed by atoms with Crippen LogP contribution in [0.15, 0.2) is 46.5 Å². The van der Waals surface area contributed by atoms with Crippen LogP contribution in [0.25, 0.3) is 5.57 Å². The minimum Gasteiger partial charge on any atom is -0.343 e. The Hall–Kier alpha value is -1.64. The lowest BCUT2D eigenvalue weighted by Crippen LogP contribution is -2.05. The predicted molar refractivity (Wildman–Crippen MR) is 45.3 cm³/mol. The monoisotopic (exact) mass is 157 g/mol. The van der Waals surface area contributed by atoms with Gasteiger partial charge in [0.25, 0.3) is 0 Å². The summed E-state index contributed by atoms with van der Waals surface area (Å²) in [5, 5.41) is 7.90. The number of nitrogens with zero attached hydrogens (tertiary/aromatic N) is 3. The molecule has 0 aliphatic carbocycles. The first-order valence-corrected chi connectivity index (χ1v) is 3.92. The summed E-state index contributed by atoms with van der Waals surface area (Å²) >= 11 is 0. The molecule has 0 amide bonds. The van der Waals surface area contributed by atoms with Gasteiger partial charge in [0.2, 0.25) is 0 Å². The van der Waals surface area contributed by atoms with Gasteiger partial charge in [-0.15, -0.1) is 0 Å². The van der Waals surface area contributed by atoms with Gasteiger partial charge in [-0.05, 0) is 18.2 Å². The molecule has 0 spiro atoms. The number of rotatable bonds is 0. The zero-order valence-corrected chi connectivity index (χ0v) is 6.44. The van der Waals surface area contributed by atoms with Crippen LogP contribution >= 0.6 is 0 Å². The van der Waals surface area contributed by atoms with Crippen molar-refractivity contribution in [2.75, 3.05) is 0 Å². The Morgan fingerprint density at radius 3 is 3.42 bits per heavy atom. The van der Waals surface area contributed by atoms with Crippen LogP contribution in [0.2, 0.25) is 0 Å². The quantitative estimate of drug-likeness (QED) is 0.552. The van der Waals surface area contributed by atoms with Gasteiger partial charge in [0, 0.05) is 18.3 Å². The summed E-state index contributed by atoms with van der Waals surface area (Å²) in [5.74, 6) is 0. The van der Waals surface area contributed by atoms with Crippen LogP contribution in [0.3, 0.4) is 0 Å². The fourth-order valence-corrected chi connectivity index (χ4v) is 1.62. The Labute approximate surface area is 69.7 Å². The molecule has 12 heavy (non-hydrogen) atoms. The molecule has 0 aromatic carbocycles. The lowest BCUT2D eigenvalue weighted by atomic mass is 10.1. The van der Waals surface area contributed by atoms with E-state index in [1.165, 1.54) is 5.69 Å². The maximum absolute atomic E-state index is 4.02. The van der Waals surface area contributed by atoms with Crippen LogP contribution in [0.4, 0.5) is 0 Å². The number of aromatic nitrogens is 1. The molecule has 3 nitrogen and oxygen atoms in total. The third-order valence-electron chi connectivity index (χ3n) is 2.22. The van der Waals surface area contributed by atoms with Gasteiger partial charge >= 0.3 is 0 Å². The van der Waals surface area contributed by atoms with Crippen LogP contribution in [0, 0.1) is 0 Å². The van der Waals surface area contributed by atoms with E-state index in [4.69, 9.17) is 0 Å². The van der Waals surface area contributed by atoms with E-state index in [2.05, 4.69) is 33.1 Å². The van der Waals surface area contributed by atoms with E-state index in [1.807, 2.05) is 12.3 Å². The Morgan fingerprint density at radius 2 is 2.42 bits per heavy atom. The van der Waals surface area contributed by atoms with Crippen LogP contribution in [-0.2, 0) is 6.54 Å². The van der Waals surface area contributed by atoms with Gasteiger partial charge in [-0.1, -0.05) is 0 Å². The maximum Gasteiger partial charge on any atom is 0.0944 e. The van der Waals surface area contributed by atoms with Crippen molar-refractivity contribution in [3.63, 3.8) is 0 Å². The van der Waals surface area contributed by atoms with Crippen molar-refractivity contribution in [3.8, 4) is 0 Å². The molecule has 58 valence electrons. The third-order valence-corrected chi connectivity index (χ3v) is 2.22. The van der Waals surface area contributed by atoms with Crippen molar-refractivity contribution in [3.05, 3.63) is 42.0 Å². The summed E-state index contributed by atoms with van der Waals surface area (Å²) in [4.78, 5) is 0. The van der Waals surface area contributed by atoms with Crippen molar-refractivity contribution in [1.29, 1.82) is 0 Å². The highest BCUT2D eigenvalue weighted by Crippen LogP contribution is 2.32. The lowest BCUT2D eigenvalue weighted by Gasteiger charge is -2.12. The van der Waals surface area contributed by atoms with E-state index in [1.54, 1.807) is 0 Å². The molecule has 2 aliphatic rings. The van der Waals surface area contributed by atoms with E-state index in [-0.39, 0.29) is 0 Å². The Bertz CT molecular complexity index is 421. The minimum absolute atomic E-state index is 0.911. The SMILES string of the molecule is C1=C2N=NC=C2c2cccn2C1. The normalized spacial score (nSPS) is 18.3. The van der Waals surface area contributed by atoms with E-state index in [9.17, 15) is 0 Å². The molecule has 0 bridgehead atoms. The highest BCUT2D eigenvalue weighted by molar-refractivity contribution is 5.79. The Kier molecular flexibility index (Phi) is 0.961. The van der Waals surface area contributed by atoms with E-state index in [0.29, 0.717) is 0 Å². The van der Waals surface area contributed by atoms with Gasteiger partial charge < -0.3 is 4.57 Å². The maximum atomic E-state index is 4.02. The molecule has 0 radical (unpaired) electrons. The van der Waals surface area contributed by atoms with Gasteiger partial charge in [-0.3, -0.25) is 0 Å². The van der Waals surface area contributed by atoms with Crippen molar-refractivity contribution >= 4 is 5.57 Å². The third kappa shape index (κ3) is 0.605. The summed E-state index contributed by atoms with van der Waals surface area (Å²) in [7, 11) is 0. The number of azo groups is 1. The van der Waals surface area contributed by atoms with Gasteiger partial charge in [0.05, 0.1) is 17.6 Å². The zero-order valence-electron chi connectivity index (χ0n) is 6.44. The van der Waals surface area contributed by atoms with Crippen molar-refractivity contribution in [2.24, 2.45) is 10.2 Å². The highest BCUT2D eigenvalue weighted by Gasteiger charge is 2.18. The molecule has 0 saturated heterocycles. The fraction of sp³-hybridized carbons (Fsp3) is 0.111. The molecule has 0 unspecified atom stereocenters. The first-order chi connectivity index (χ1) is 5.95. The molecular formula is C9H7N3. The van der Waals surface area contributed by atoms with Gasteiger partial charge in [-0.25, -0.2) is 0 Å². The van der Waals surface area contributed by atoms with Crippen LogP contribution in [0.5, 0.6) is 0 Å². The fourth-order valence-electron chi connectivity index (χ4n) is 1.62. The predicted octanol–water partition coefficient (Wildman–Crippen LogP) is 2.19. The highest BCUT2D eigenvalue weighted by atomic mass is 15.1. The van der Waals surface area contributed by atoms with Crippen LogP contribution in [0.1, 0.15) is 5.69 Å². The summed E-state index contributed by atoms with van der Waals surface area (Å²) in [6.07, 6.45) is 5.98. The molecular weight excluding hydrogens is 150 g/mol. The number of hydrogen-bond donors (Lipinski definition) is 0. The first kappa shape index (κ1) is 5.94. The molecule has 3 heterocycles. The molecule has 1 aromatic heterocycles. The molecule has 2 aliphatic heterocycles. The van der Waals surface area contributed by atoms with Gasteiger partial charge in [-0.2, -0.15) is 10.2 Å². The minimum atomic E-state index is 0.911. The molecule has 3 rings (SSSR count). The van der Waals surface area contributed by atoms with Gasteiger partial charge in [0.1, 0.15) is 0 Å². The largest absolute Gasteiger partial charge is 0.343 e.